The fraction of sp³-hybridized carbons (Fsp3) is 0.133. The molecule has 22 heavy (non-hydrogen) atoms. The van der Waals surface area contributed by atoms with E-state index in [4.69, 9.17) is 0 Å². The molecule has 1 amide bonds. The summed E-state index contributed by atoms with van der Waals surface area (Å²) < 4.78 is 31.0. The Bertz CT molecular complexity index is 720. The molecule has 0 fully saturated rings. The molecule has 7 heteroatoms. The number of carbonyl (C=O) groups is 2. The van der Waals surface area contributed by atoms with E-state index in [1.807, 2.05) is 0 Å². The number of amides is 1. The lowest BCUT2D eigenvalue weighted by atomic mass is 10.1. The van der Waals surface area contributed by atoms with Gasteiger partial charge in [0.25, 0.3) is 0 Å². The first-order valence-electron chi connectivity index (χ1n) is 6.27. The summed E-state index contributed by atoms with van der Waals surface area (Å²) in [5.74, 6) is -2.48. The third-order valence-corrected chi connectivity index (χ3v) is 2.80. The number of hydrogen-bond acceptors (Lipinski definition) is 4. The number of anilines is 1. The zero-order chi connectivity index (χ0) is 16.1. The van der Waals surface area contributed by atoms with Crippen molar-refractivity contribution >= 4 is 17.6 Å². The quantitative estimate of drug-likeness (QED) is 0.880. The number of hydrogen-bond donors (Lipinski definition) is 1. The van der Waals surface area contributed by atoms with Crippen LogP contribution in [0.5, 0.6) is 0 Å². The maximum absolute atomic E-state index is 13.5. The van der Waals surface area contributed by atoms with Gasteiger partial charge in [0.05, 0.1) is 13.5 Å². The molecule has 0 saturated heterocycles. The summed E-state index contributed by atoms with van der Waals surface area (Å²) >= 11 is 0. The summed E-state index contributed by atoms with van der Waals surface area (Å²) in [6.07, 6.45) is 0.990. The lowest BCUT2D eigenvalue weighted by molar-refractivity contribution is -0.115. The summed E-state index contributed by atoms with van der Waals surface area (Å²) in [5.41, 5.74) is 0.272. The highest BCUT2D eigenvalue weighted by atomic mass is 19.1. The average Bonchev–Trinajstić information content (AvgIpc) is 2.50. The van der Waals surface area contributed by atoms with Gasteiger partial charge < -0.3 is 10.1 Å². The van der Waals surface area contributed by atoms with E-state index in [0.717, 1.165) is 18.2 Å². The Labute approximate surface area is 124 Å². The SMILES string of the molecule is COC(=O)c1cc(NC(=O)Cc2cc(F)ccc2F)ccn1. The number of methoxy groups -OCH3 is 1. The molecule has 0 atom stereocenters. The second-order valence-corrected chi connectivity index (χ2v) is 4.38. The van der Waals surface area contributed by atoms with Crippen LogP contribution in [0.25, 0.3) is 0 Å². The van der Waals surface area contributed by atoms with Gasteiger partial charge in [0.2, 0.25) is 5.91 Å². The van der Waals surface area contributed by atoms with Gasteiger partial charge in [-0.3, -0.25) is 4.79 Å². The van der Waals surface area contributed by atoms with E-state index in [2.05, 4.69) is 15.0 Å². The van der Waals surface area contributed by atoms with Crippen LogP contribution in [0.1, 0.15) is 16.1 Å². The first-order chi connectivity index (χ1) is 10.5. The molecule has 114 valence electrons. The highest BCUT2D eigenvalue weighted by Gasteiger charge is 2.12. The van der Waals surface area contributed by atoms with E-state index >= 15 is 0 Å². The van der Waals surface area contributed by atoms with Crippen LogP contribution in [0.2, 0.25) is 0 Å². The second kappa shape index (κ2) is 6.75. The predicted molar refractivity (Wildman–Crippen MR) is 74.3 cm³/mol. The van der Waals surface area contributed by atoms with Crippen molar-refractivity contribution in [1.82, 2.24) is 4.98 Å². The molecule has 5 nitrogen and oxygen atoms in total. The summed E-state index contributed by atoms with van der Waals surface area (Å²) in [6, 6.07) is 5.68. The van der Waals surface area contributed by atoms with E-state index in [0.29, 0.717) is 5.69 Å². The Morgan fingerprint density at radius 3 is 2.73 bits per heavy atom. The molecule has 2 aromatic rings. The van der Waals surface area contributed by atoms with Crippen molar-refractivity contribution in [1.29, 1.82) is 0 Å². The number of nitrogens with zero attached hydrogens (tertiary/aromatic N) is 1. The standard InChI is InChI=1S/C15H12F2N2O3/c1-22-15(21)13-8-11(4-5-18-13)19-14(20)7-9-6-10(16)2-3-12(9)17/h2-6,8H,7H2,1H3,(H,18,19,20). The van der Waals surface area contributed by atoms with Crippen molar-refractivity contribution in [2.24, 2.45) is 0 Å². The van der Waals surface area contributed by atoms with Crippen molar-refractivity contribution in [3.63, 3.8) is 0 Å². The number of ether oxygens (including phenoxy) is 1. The third kappa shape index (κ3) is 3.85. The van der Waals surface area contributed by atoms with Gasteiger partial charge in [-0.1, -0.05) is 0 Å². The summed E-state index contributed by atoms with van der Waals surface area (Å²) in [7, 11) is 1.21. The topological polar surface area (TPSA) is 68.3 Å². The van der Waals surface area contributed by atoms with Gasteiger partial charge in [0, 0.05) is 17.4 Å². The van der Waals surface area contributed by atoms with Gasteiger partial charge in [-0.05, 0) is 30.3 Å². The van der Waals surface area contributed by atoms with Crippen LogP contribution in [0.4, 0.5) is 14.5 Å². The van der Waals surface area contributed by atoms with Crippen molar-refractivity contribution < 1.29 is 23.1 Å². The van der Waals surface area contributed by atoms with Crippen molar-refractivity contribution in [2.75, 3.05) is 12.4 Å². The van der Waals surface area contributed by atoms with Gasteiger partial charge in [-0.2, -0.15) is 0 Å². The Kier molecular flexibility index (Phi) is 4.77. The number of nitrogens with one attached hydrogen (secondary N) is 1. The van der Waals surface area contributed by atoms with E-state index in [-0.39, 0.29) is 17.7 Å². The number of benzene rings is 1. The lowest BCUT2D eigenvalue weighted by Crippen LogP contribution is -2.16. The molecular formula is C15H12F2N2O3. The molecule has 0 aliphatic rings. The van der Waals surface area contributed by atoms with Crippen LogP contribution in [0.15, 0.2) is 36.5 Å². The number of aromatic nitrogens is 1. The molecule has 0 spiro atoms. The van der Waals surface area contributed by atoms with E-state index < -0.39 is 23.5 Å². The number of pyridine rings is 1. The zero-order valence-electron chi connectivity index (χ0n) is 11.6. The van der Waals surface area contributed by atoms with Crippen LogP contribution in [-0.4, -0.2) is 24.0 Å². The largest absolute Gasteiger partial charge is 0.464 e. The first kappa shape index (κ1) is 15.6. The number of halogens is 2. The molecule has 1 N–H and O–H groups in total. The van der Waals surface area contributed by atoms with Gasteiger partial charge in [0.15, 0.2) is 0 Å². The molecule has 0 bridgehead atoms. The van der Waals surface area contributed by atoms with Gasteiger partial charge in [-0.25, -0.2) is 18.6 Å². The van der Waals surface area contributed by atoms with Crippen LogP contribution >= 0.6 is 0 Å². The van der Waals surface area contributed by atoms with E-state index in [9.17, 15) is 18.4 Å². The van der Waals surface area contributed by atoms with E-state index in [1.165, 1.54) is 25.4 Å². The zero-order valence-corrected chi connectivity index (χ0v) is 11.6. The third-order valence-electron chi connectivity index (χ3n) is 2.80. The highest BCUT2D eigenvalue weighted by molar-refractivity contribution is 5.94. The normalized spacial score (nSPS) is 10.1. The maximum atomic E-state index is 13.5. The smallest absolute Gasteiger partial charge is 0.356 e. The van der Waals surface area contributed by atoms with Gasteiger partial charge >= 0.3 is 5.97 Å². The Morgan fingerprint density at radius 1 is 1.23 bits per heavy atom. The van der Waals surface area contributed by atoms with E-state index in [1.54, 1.807) is 0 Å². The molecule has 2 rings (SSSR count). The minimum Gasteiger partial charge on any atom is -0.464 e. The molecular weight excluding hydrogens is 294 g/mol. The highest BCUT2D eigenvalue weighted by Crippen LogP contribution is 2.13. The monoisotopic (exact) mass is 306 g/mol. The Morgan fingerprint density at radius 2 is 2.00 bits per heavy atom. The molecule has 0 unspecified atom stereocenters. The number of rotatable bonds is 4. The molecule has 1 aromatic heterocycles. The van der Waals surface area contributed by atoms with Gasteiger partial charge in [0.1, 0.15) is 17.3 Å². The van der Waals surface area contributed by atoms with Crippen LogP contribution in [0, 0.1) is 11.6 Å². The summed E-state index contributed by atoms with van der Waals surface area (Å²) in [4.78, 5) is 27.0. The summed E-state index contributed by atoms with van der Waals surface area (Å²) in [6.45, 7) is 0. The maximum Gasteiger partial charge on any atom is 0.356 e. The molecule has 0 aliphatic carbocycles. The molecule has 1 aromatic carbocycles. The molecule has 0 aliphatic heterocycles. The number of carbonyl (C=O) groups excluding carboxylic acids is 2. The minimum atomic E-state index is -0.665. The fourth-order valence-corrected chi connectivity index (χ4v) is 1.78. The molecule has 1 heterocycles. The van der Waals surface area contributed by atoms with Crippen molar-refractivity contribution in [2.45, 2.75) is 6.42 Å². The van der Waals surface area contributed by atoms with Crippen LogP contribution in [0.3, 0.4) is 0 Å². The lowest BCUT2D eigenvalue weighted by Gasteiger charge is -2.07. The van der Waals surface area contributed by atoms with Crippen LogP contribution in [-0.2, 0) is 16.0 Å². The van der Waals surface area contributed by atoms with Crippen LogP contribution < -0.4 is 5.32 Å². The molecule has 0 radical (unpaired) electrons. The van der Waals surface area contributed by atoms with Crippen molar-refractivity contribution in [3.05, 3.63) is 59.4 Å². The predicted octanol–water partition coefficient (Wildman–Crippen LogP) is 2.33. The average molecular weight is 306 g/mol. The summed E-state index contributed by atoms with van der Waals surface area (Å²) in [5, 5.41) is 2.48. The van der Waals surface area contributed by atoms with Gasteiger partial charge in [-0.15, -0.1) is 0 Å². The Hall–Kier alpha value is -2.83. The molecule has 0 saturated carbocycles. The number of esters is 1. The van der Waals surface area contributed by atoms with Crippen molar-refractivity contribution in [3.8, 4) is 0 Å². The first-order valence-corrected chi connectivity index (χ1v) is 6.27. The fourth-order valence-electron chi connectivity index (χ4n) is 1.78. The second-order valence-electron chi connectivity index (χ2n) is 4.38. The minimum absolute atomic E-state index is 0.0252. The Balaban J connectivity index is 2.09.